The molecule has 0 aliphatic heterocycles. The number of hydrogen-bond donors (Lipinski definition) is 2. The minimum absolute atomic E-state index is 0.282. The quantitative estimate of drug-likeness (QED) is 0.712. The molecule has 1 aromatic rings. The molecule has 116 valence electrons. The Morgan fingerprint density at radius 3 is 2.65 bits per heavy atom. The van der Waals surface area contributed by atoms with E-state index < -0.39 is 21.3 Å². The predicted molar refractivity (Wildman–Crippen MR) is 69.8 cm³/mol. The van der Waals surface area contributed by atoms with Crippen LogP contribution in [-0.4, -0.2) is 32.8 Å². The normalized spacial score (nSPS) is 12.8. The van der Waals surface area contributed by atoms with Crippen molar-refractivity contribution in [1.82, 2.24) is 10.0 Å². The molecule has 0 bridgehead atoms. The van der Waals surface area contributed by atoms with Crippen LogP contribution in [0.2, 0.25) is 0 Å². The second-order valence-electron chi connectivity index (χ2n) is 3.69. The maximum absolute atomic E-state index is 11.9. The molecule has 1 rings (SSSR count). The van der Waals surface area contributed by atoms with E-state index in [0.717, 1.165) is 0 Å². The molecule has 10 heteroatoms. The summed E-state index contributed by atoms with van der Waals surface area (Å²) in [7, 11) is -3.91. The molecule has 5 nitrogen and oxygen atoms in total. The van der Waals surface area contributed by atoms with Gasteiger partial charge in [0.15, 0.2) is 0 Å². The molecule has 0 fully saturated rings. The van der Waals surface area contributed by atoms with Crippen molar-refractivity contribution in [2.75, 3.05) is 18.8 Å². The maximum atomic E-state index is 11.9. The Hall–Kier alpha value is -0.710. The third-order valence-electron chi connectivity index (χ3n) is 2.11. The van der Waals surface area contributed by atoms with E-state index in [1.54, 1.807) is 0 Å². The highest BCUT2D eigenvalue weighted by molar-refractivity contribution is 8.00. The minimum Gasteiger partial charge on any atom is -0.447 e. The molecule has 0 atom stereocenters. The molecule has 0 aliphatic rings. The lowest BCUT2D eigenvalue weighted by Crippen LogP contribution is -2.26. The molecule has 0 radical (unpaired) electrons. The van der Waals surface area contributed by atoms with Gasteiger partial charge in [-0.15, -0.1) is 0 Å². The maximum Gasteiger partial charge on any atom is 0.441 e. The summed E-state index contributed by atoms with van der Waals surface area (Å²) in [5.74, 6) is 0.0464. The molecule has 0 spiro atoms. The lowest BCUT2D eigenvalue weighted by atomic mass is 10.4. The standard InChI is InChI=1S/C10H15F3N2O3S2/c1-2-14-7-8-3-4-9(18-8)20(16,17)15-5-6-19-10(11,12)13/h3-4,14-15H,2,5-7H2,1H3. The summed E-state index contributed by atoms with van der Waals surface area (Å²) in [4.78, 5) is 0. The molecule has 0 unspecified atom stereocenters. The highest BCUT2D eigenvalue weighted by Crippen LogP contribution is 2.29. The molecule has 1 heterocycles. The first-order chi connectivity index (χ1) is 9.24. The Morgan fingerprint density at radius 2 is 2.05 bits per heavy atom. The van der Waals surface area contributed by atoms with Crippen LogP contribution in [0.3, 0.4) is 0 Å². The van der Waals surface area contributed by atoms with Gasteiger partial charge in [0.05, 0.1) is 6.54 Å². The van der Waals surface area contributed by atoms with Gasteiger partial charge >= 0.3 is 5.51 Å². The molecule has 0 amide bonds. The van der Waals surface area contributed by atoms with Gasteiger partial charge in [0.25, 0.3) is 10.0 Å². The van der Waals surface area contributed by atoms with Crippen molar-refractivity contribution in [3.8, 4) is 0 Å². The molecular weight excluding hydrogens is 317 g/mol. The number of thioether (sulfide) groups is 1. The summed E-state index contributed by atoms with van der Waals surface area (Å²) < 4.78 is 66.3. The number of sulfonamides is 1. The molecule has 0 aromatic carbocycles. The number of nitrogens with one attached hydrogen (secondary N) is 2. The van der Waals surface area contributed by atoms with Gasteiger partial charge in [-0.25, -0.2) is 13.1 Å². The Balaban J connectivity index is 2.49. The second kappa shape index (κ2) is 7.34. The zero-order chi connectivity index (χ0) is 15.2. The van der Waals surface area contributed by atoms with Gasteiger partial charge in [-0.3, -0.25) is 0 Å². The third-order valence-corrected chi connectivity index (χ3v) is 4.18. The van der Waals surface area contributed by atoms with E-state index in [-0.39, 0.29) is 23.4 Å². The van der Waals surface area contributed by atoms with E-state index >= 15 is 0 Å². The first-order valence-electron chi connectivity index (χ1n) is 5.74. The van der Waals surface area contributed by atoms with Gasteiger partial charge in [0, 0.05) is 12.3 Å². The van der Waals surface area contributed by atoms with Crippen LogP contribution in [0.1, 0.15) is 12.7 Å². The summed E-state index contributed by atoms with van der Waals surface area (Å²) in [6.07, 6.45) is 0. The van der Waals surface area contributed by atoms with Gasteiger partial charge in [-0.2, -0.15) is 13.2 Å². The van der Waals surface area contributed by atoms with Crippen LogP contribution in [0.5, 0.6) is 0 Å². The monoisotopic (exact) mass is 332 g/mol. The largest absolute Gasteiger partial charge is 0.447 e. The van der Waals surface area contributed by atoms with E-state index in [2.05, 4.69) is 10.0 Å². The minimum atomic E-state index is -4.37. The van der Waals surface area contributed by atoms with Gasteiger partial charge in [0.2, 0.25) is 5.09 Å². The molecule has 0 saturated heterocycles. The van der Waals surface area contributed by atoms with Crippen molar-refractivity contribution in [1.29, 1.82) is 0 Å². The van der Waals surface area contributed by atoms with Crippen LogP contribution in [0, 0.1) is 0 Å². The number of halogens is 3. The zero-order valence-corrected chi connectivity index (χ0v) is 12.3. The fourth-order valence-electron chi connectivity index (χ4n) is 1.26. The molecule has 0 saturated carbocycles. The number of alkyl halides is 3. The number of rotatable bonds is 8. The number of furan rings is 1. The molecule has 20 heavy (non-hydrogen) atoms. The Kier molecular flexibility index (Phi) is 6.37. The van der Waals surface area contributed by atoms with E-state index in [1.165, 1.54) is 12.1 Å². The summed E-state index contributed by atoms with van der Waals surface area (Å²) in [5, 5.41) is 2.66. The van der Waals surface area contributed by atoms with E-state index in [4.69, 9.17) is 4.42 Å². The smallest absolute Gasteiger partial charge is 0.441 e. The van der Waals surface area contributed by atoms with Gasteiger partial charge in [-0.05, 0) is 30.4 Å². The Morgan fingerprint density at radius 1 is 1.35 bits per heavy atom. The van der Waals surface area contributed by atoms with Crippen LogP contribution in [0.25, 0.3) is 0 Å². The van der Waals surface area contributed by atoms with Crippen LogP contribution < -0.4 is 10.0 Å². The van der Waals surface area contributed by atoms with E-state index in [1.807, 2.05) is 6.92 Å². The summed E-state index contributed by atoms with van der Waals surface area (Å²) >= 11 is -0.282. The average molecular weight is 332 g/mol. The van der Waals surface area contributed by atoms with Crippen molar-refractivity contribution in [2.24, 2.45) is 0 Å². The van der Waals surface area contributed by atoms with Crippen LogP contribution in [0.4, 0.5) is 13.2 Å². The summed E-state index contributed by atoms with van der Waals surface area (Å²) in [5.41, 5.74) is -4.37. The predicted octanol–water partition coefficient (Wildman–Crippen LogP) is 1.92. The SMILES string of the molecule is CCNCc1ccc(S(=O)(=O)NCCSC(F)(F)F)o1. The fourth-order valence-corrected chi connectivity index (χ4v) is 2.80. The van der Waals surface area contributed by atoms with E-state index in [9.17, 15) is 21.6 Å². The highest BCUT2D eigenvalue weighted by atomic mass is 32.2. The van der Waals surface area contributed by atoms with Crippen molar-refractivity contribution in [3.63, 3.8) is 0 Å². The molecule has 2 N–H and O–H groups in total. The lowest BCUT2D eigenvalue weighted by molar-refractivity contribution is -0.0327. The first-order valence-corrected chi connectivity index (χ1v) is 8.21. The van der Waals surface area contributed by atoms with Crippen LogP contribution in [0.15, 0.2) is 21.6 Å². The van der Waals surface area contributed by atoms with Gasteiger partial charge in [0.1, 0.15) is 5.76 Å². The second-order valence-corrected chi connectivity index (χ2v) is 6.55. The average Bonchev–Trinajstić information content (AvgIpc) is 2.80. The van der Waals surface area contributed by atoms with Crippen LogP contribution >= 0.6 is 11.8 Å². The van der Waals surface area contributed by atoms with Crippen molar-refractivity contribution in [3.05, 3.63) is 17.9 Å². The van der Waals surface area contributed by atoms with Gasteiger partial charge in [-0.1, -0.05) is 6.92 Å². The van der Waals surface area contributed by atoms with E-state index in [0.29, 0.717) is 18.8 Å². The van der Waals surface area contributed by atoms with Crippen molar-refractivity contribution in [2.45, 2.75) is 24.1 Å². The summed E-state index contributed by atoms with van der Waals surface area (Å²) in [6, 6.07) is 2.77. The van der Waals surface area contributed by atoms with Crippen LogP contribution in [-0.2, 0) is 16.6 Å². The summed E-state index contributed by atoms with van der Waals surface area (Å²) in [6.45, 7) is 2.65. The lowest BCUT2D eigenvalue weighted by Gasteiger charge is -2.06. The Labute approximate surface area is 119 Å². The van der Waals surface area contributed by atoms with Crippen molar-refractivity contribution >= 4 is 21.8 Å². The number of hydrogen-bond acceptors (Lipinski definition) is 5. The highest BCUT2D eigenvalue weighted by Gasteiger charge is 2.28. The Bertz CT molecular complexity index is 514. The molecular formula is C10H15F3N2O3S2. The molecule has 0 aliphatic carbocycles. The first kappa shape index (κ1) is 17.3. The molecule has 1 aromatic heterocycles. The zero-order valence-electron chi connectivity index (χ0n) is 10.7. The fraction of sp³-hybridized carbons (Fsp3) is 0.600. The third kappa shape index (κ3) is 6.16. The topological polar surface area (TPSA) is 71.3 Å². The van der Waals surface area contributed by atoms with Crippen molar-refractivity contribution < 1.29 is 26.0 Å². The van der Waals surface area contributed by atoms with Gasteiger partial charge < -0.3 is 9.73 Å².